The van der Waals surface area contributed by atoms with Gasteiger partial charge in [-0.2, -0.15) is 0 Å². The fraction of sp³-hybridized carbons (Fsp3) is 0.800. The van der Waals surface area contributed by atoms with Gasteiger partial charge in [0, 0.05) is 23.8 Å². The molecular formula is C20H35N3O4. The van der Waals surface area contributed by atoms with Gasteiger partial charge in [-0.15, -0.1) is 0 Å². The maximum atomic E-state index is 12.4. The number of ether oxygens (including phenoxy) is 2. The lowest BCUT2D eigenvalue weighted by molar-refractivity contribution is -0.173. The van der Waals surface area contributed by atoms with E-state index < -0.39 is 16.9 Å². The van der Waals surface area contributed by atoms with E-state index in [0.717, 1.165) is 25.8 Å². The first-order chi connectivity index (χ1) is 12.6. The van der Waals surface area contributed by atoms with Crippen LogP contribution < -0.4 is 16.4 Å². The molecule has 0 bridgehead atoms. The minimum absolute atomic E-state index is 0.209. The lowest BCUT2D eigenvalue weighted by Crippen LogP contribution is -2.54. The molecule has 4 N–H and O–H groups in total. The van der Waals surface area contributed by atoms with Crippen LogP contribution in [0.25, 0.3) is 0 Å². The van der Waals surface area contributed by atoms with Crippen LogP contribution >= 0.6 is 0 Å². The summed E-state index contributed by atoms with van der Waals surface area (Å²) in [5, 5.41) is 5.63. The van der Waals surface area contributed by atoms with Crippen molar-refractivity contribution in [1.82, 2.24) is 10.6 Å². The van der Waals surface area contributed by atoms with E-state index in [4.69, 9.17) is 15.2 Å². The Morgan fingerprint density at radius 2 is 1.89 bits per heavy atom. The van der Waals surface area contributed by atoms with Gasteiger partial charge in [0.25, 0.3) is 5.91 Å². The number of amides is 2. The Morgan fingerprint density at radius 3 is 2.48 bits per heavy atom. The minimum atomic E-state index is -0.808. The predicted molar refractivity (Wildman–Crippen MR) is 104 cm³/mol. The largest absolute Gasteiger partial charge is 0.401 e. The molecule has 1 unspecified atom stereocenters. The number of carbonyl (C=O) groups is 2. The van der Waals surface area contributed by atoms with Gasteiger partial charge in [-0.3, -0.25) is 14.9 Å². The summed E-state index contributed by atoms with van der Waals surface area (Å²) in [5.74, 6) is -0.222. The molecule has 0 aromatic rings. The maximum Gasteiger partial charge on any atom is 0.252 e. The summed E-state index contributed by atoms with van der Waals surface area (Å²) in [7, 11) is 0. The predicted octanol–water partition coefficient (Wildman–Crippen LogP) is 1.82. The highest BCUT2D eigenvalue weighted by Crippen LogP contribution is 2.28. The van der Waals surface area contributed by atoms with E-state index in [2.05, 4.69) is 10.6 Å². The lowest BCUT2D eigenvalue weighted by Gasteiger charge is -2.30. The molecule has 0 radical (unpaired) electrons. The third-order valence-corrected chi connectivity index (χ3v) is 5.17. The Bertz CT molecular complexity index is 562. The zero-order chi connectivity index (χ0) is 20.1. The average molecular weight is 382 g/mol. The Morgan fingerprint density at radius 1 is 1.19 bits per heavy atom. The molecular weight excluding hydrogens is 346 g/mol. The SMILES string of the molecule is CC(C)(COC1CCCCO1)C(N)=CC(=O)NC(=O)C(C)(C)NCC1CC1. The molecule has 2 amide bonds. The molecule has 7 nitrogen and oxygen atoms in total. The van der Waals surface area contributed by atoms with Crippen LogP contribution in [0.5, 0.6) is 0 Å². The average Bonchev–Trinajstić information content (AvgIpc) is 3.43. The molecule has 1 atom stereocenters. The van der Waals surface area contributed by atoms with Crippen molar-refractivity contribution >= 4 is 11.8 Å². The Hall–Kier alpha value is -1.44. The fourth-order valence-electron chi connectivity index (χ4n) is 2.67. The summed E-state index contributed by atoms with van der Waals surface area (Å²) in [6.45, 7) is 9.19. The molecule has 7 heteroatoms. The zero-order valence-corrected chi connectivity index (χ0v) is 17.1. The van der Waals surface area contributed by atoms with E-state index in [0.29, 0.717) is 24.8 Å². The maximum absolute atomic E-state index is 12.4. The van der Waals surface area contributed by atoms with Gasteiger partial charge in [0.2, 0.25) is 5.91 Å². The lowest BCUT2D eigenvalue weighted by atomic mass is 9.90. The third-order valence-electron chi connectivity index (χ3n) is 5.17. The van der Waals surface area contributed by atoms with Crippen LogP contribution in [0.2, 0.25) is 0 Å². The zero-order valence-electron chi connectivity index (χ0n) is 17.1. The Balaban J connectivity index is 1.82. The number of nitrogens with one attached hydrogen (secondary N) is 2. The summed E-state index contributed by atoms with van der Waals surface area (Å²) in [4.78, 5) is 24.6. The van der Waals surface area contributed by atoms with Crippen molar-refractivity contribution in [1.29, 1.82) is 0 Å². The van der Waals surface area contributed by atoms with Crippen molar-refractivity contribution in [3.05, 3.63) is 11.8 Å². The first-order valence-corrected chi connectivity index (χ1v) is 9.91. The molecule has 2 fully saturated rings. The van der Waals surface area contributed by atoms with Crippen LogP contribution in [0.3, 0.4) is 0 Å². The topological polar surface area (TPSA) is 103 Å². The van der Waals surface area contributed by atoms with E-state index in [9.17, 15) is 9.59 Å². The summed E-state index contributed by atoms with van der Waals surface area (Å²) in [5.41, 5.74) is 5.13. The molecule has 1 aliphatic heterocycles. The van der Waals surface area contributed by atoms with Crippen LogP contribution in [0.4, 0.5) is 0 Å². The molecule has 0 aromatic heterocycles. The van der Waals surface area contributed by atoms with Gasteiger partial charge in [-0.25, -0.2) is 0 Å². The first-order valence-electron chi connectivity index (χ1n) is 9.91. The number of rotatable bonds is 9. The van der Waals surface area contributed by atoms with Gasteiger partial charge in [-0.05, 0) is 58.4 Å². The third kappa shape index (κ3) is 7.24. The Labute approximate surface area is 162 Å². The molecule has 1 saturated carbocycles. The normalized spacial score (nSPS) is 21.8. The first kappa shape index (κ1) is 21.9. The monoisotopic (exact) mass is 381 g/mol. The molecule has 0 spiro atoms. The molecule has 154 valence electrons. The van der Waals surface area contributed by atoms with Gasteiger partial charge in [0.15, 0.2) is 6.29 Å². The molecule has 0 aromatic carbocycles. The molecule has 1 aliphatic carbocycles. The number of hydrogen-bond acceptors (Lipinski definition) is 6. The highest BCUT2D eigenvalue weighted by atomic mass is 16.7. The quantitative estimate of drug-likeness (QED) is 0.527. The number of hydrogen-bond donors (Lipinski definition) is 3. The summed E-state index contributed by atoms with van der Waals surface area (Å²) >= 11 is 0. The van der Waals surface area contributed by atoms with E-state index in [1.165, 1.54) is 18.9 Å². The van der Waals surface area contributed by atoms with Gasteiger partial charge < -0.3 is 20.5 Å². The van der Waals surface area contributed by atoms with Crippen molar-refractivity contribution in [2.45, 2.75) is 71.6 Å². The van der Waals surface area contributed by atoms with Crippen LogP contribution in [0, 0.1) is 11.3 Å². The van der Waals surface area contributed by atoms with Crippen molar-refractivity contribution in [2.75, 3.05) is 19.8 Å². The summed E-state index contributed by atoms with van der Waals surface area (Å²) in [6.07, 6.45) is 6.49. The van der Waals surface area contributed by atoms with Crippen LogP contribution in [0.1, 0.15) is 59.8 Å². The van der Waals surface area contributed by atoms with Crippen molar-refractivity contribution in [2.24, 2.45) is 17.1 Å². The summed E-state index contributed by atoms with van der Waals surface area (Å²) in [6, 6.07) is 0. The van der Waals surface area contributed by atoms with E-state index in [1.54, 1.807) is 13.8 Å². The van der Waals surface area contributed by atoms with Crippen molar-refractivity contribution < 1.29 is 19.1 Å². The number of carbonyl (C=O) groups excluding carboxylic acids is 2. The molecule has 27 heavy (non-hydrogen) atoms. The van der Waals surface area contributed by atoms with Gasteiger partial charge in [0.1, 0.15) is 0 Å². The second-order valence-electron chi connectivity index (χ2n) is 8.86. The van der Waals surface area contributed by atoms with Crippen LogP contribution in [-0.4, -0.2) is 43.4 Å². The minimum Gasteiger partial charge on any atom is -0.401 e. The van der Waals surface area contributed by atoms with Gasteiger partial charge in [0.05, 0.1) is 12.1 Å². The van der Waals surface area contributed by atoms with Crippen molar-refractivity contribution in [3.8, 4) is 0 Å². The van der Waals surface area contributed by atoms with E-state index in [1.807, 2.05) is 13.8 Å². The van der Waals surface area contributed by atoms with Gasteiger partial charge in [-0.1, -0.05) is 13.8 Å². The number of nitrogens with two attached hydrogens (primary N) is 1. The second kappa shape index (κ2) is 9.17. The molecule has 1 heterocycles. The molecule has 2 aliphatic rings. The van der Waals surface area contributed by atoms with Crippen LogP contribution in [0.15, 0.2) is 11.8 Å². The highest BCUT2D eigenvalue weighted by Gasteiger charge is 2.32. The summed E-state index contributed by atoms with van der Waals surface area (Å²) < 4.78 is 11.3. The van der Waals surface area contributed by atoms with Crippen molar-refractivity contribution in [3.63, 3.8) is 0 Å². The Kier molecular flexibility index (Phi) is 7.42. The smallest absolute Gasteiger partial charge is 0.252 e. The highest BCUT2D eigenvalue weighted by molar-refractivity contribution is 6.04. The standard InChI is InChI=1S/C20H35N3O4/c1-19(2,13-27-17-7-5-6-10-26-17)15(21)11-16(24)23-18(25)20(3,4)22-12-14-8-9-14/h11,14,17,22H,5-10,12-13,21H2,1-4H3,(H,23,24,25). The van der Waals surface area contributed by atoms with E-state index in [-0.39, 0.29) is 12.2 Å². The van der Waals surface area contributed by atoms with Crippen LogP contribution in [-0.2, 0) is 19.1 Å². The molecule has 2 rings (SSSR count). The van der Waals surface area contributed by atoms with Gasteiger partial charge >= 0.3 is 0 Å². The number of imide groups is 1. The second-order valence-corrected chi connectivity index (χ2v) is 8.86. The fourth-order valence-corrected chi connectivity index (χ4v) is 2.67. The molecule has 1 saturated heterocycles. The van der Waals surface area contributed by atoms with E-state index >= 15 is 0 Å².